The minimum absolute atomic E-state index is 0.218. The Labute approximate surface area is 170 Å². The van der Waals surface area contributed by atoms with Crippen LogP contribution < -0.4 is 5.32 Å². The Hall–Kier alpha value is -4.07. The average Bonchev–Trinajstić information content (AvgIpc) is 2.75. The number of aliphatic carboxylic acids is 1. The third kappa shape index (κ3) is 4.85. The van der Waals surface area contributed by atoms with Gasteiger partial charge in [-0.15, -0.1) is 0 Å². The molecule has 0 saturated heterocycles. The van der Waals surface area contributed by atoms with Crippen LogP contribution in [0.1, 0.15) is 15.9 Å². The summed E-state index contributed by atoms with van der Waals surface area (Å²) in [7, 11) is 0. The number of benzene rings is 3. The molecule has 2 N–H and O–H groups in total. The Balaban J connectivity index is 1.74. The van der Waals surface area contributed by atoms with Gasteiger partial charge in [-0.05, 0) is 34.9 Å². The van der Waals surface area contributed by atoms with Crippen molar-refractivity contribution in [2.24, 2.45) is 0 Å². The third-order valence-electron chi connectivity index (χ3n) is 4.50. The lowest BCUT2D eigenvalue weighted by Crippen LogP contribution is -2.42. The van der Waals surface area contributed by atoms with Gasteiger partial charge in [0.2, 0.25) is 5.82 Å². The van der Waals surface area contributed by atoms with Crippen LogP contribution in [-0.2, 0) is 11.2 Å². The smallest absolute Gasteiger partial charge is 0.326 e. The fourth-order valence-corrected chi connectivity index (χ4v) is 2.95. The SMILES string of the molecule is O=C(N[C@H](Cc1ccc(F)c([N+](=O)[O-])c1)C(=O)O)c1ccc(-c2ccccc2)cc1. The quantitative estimate of drug-likeness (QED) is 0.456. The fourth-order valence-electron chi connectivity index (χ4n) is 2.95. The van der Waals surface area contributed by atoms with Crippen LogP contribution in [0, 0.1) is 15.9 Å². The van der Waals surface area contributed by atoms with E-state index in [-0.39, 0.29) is 17.5 Å². The van der Waals surface area contributed by atoms with Crippen molar-refractivity contribution >= 4 is 17.6 Å². The van der Waals surface area contributed by atoms with E-state index in [0.717, 1.165) is 23.3 Å². The molecule has 8 heteroatoms. The van der Waals surface area contributed by atoms with Crippen molar-refractivity contribution < 1.29 is 24.0 Å². The van der Waals surface area contributed by atoms with E-state index >= 15 is 0 Å². The lowest BCUT2D eigenvalue weighted by molar-refractivity contribution is -0.387. The second-order valence-electron chi connectivity index (χ2n) is 6.55. The lowest BCUT2D eigenvalue weighted by atomic mass is 10.0. The number of carbonyl (C=O) groups excluding carboxylic acids is 1. The van der Waals surface area contributed by atoms with Gasteiger partial charge in [-0.3, -0.25) is 14.9 Å². The van der Waals surface area contributed by atoms with Crippen molar-refractivity contribution in [1.29, 1.82) is 0 Å². The number of carbonyl (C=O) groups is 2. The number of rotatable bonds is 7. The molecule has 3 aromatic rings. The molecule has 0 unspecified atom stereocenters. The number of amides is 1. The van der Waals surface area contributed by atoms with Crippen LogP contribution in [0.3, 0.4) is 0 Å². The summed E-state index contributed by atoms with van der Waals surface area (Å²) in [6.07, 6.45) is -0.232. The van der Waals surface area contributed by atoms with Crippen molar-refractivity contribution in [2.75, 3.05) is 0 Å². The standard InChI is InChI=1S/C22H17FN2O5/c23-18-11-6-14(13-20(18)25(29)30)12-19(22(27)28)24-21(26)17-9-7-16(8-10-17)15-4-2-1-3-5-15/h1-11,13,19H,12H2,(H,24,26)(H,27,28)/t19-/m1/s1. The first-order chi connectivity index (χ1) is 14.3. The predicted molar refractivity (Wildman–Crippen MR) is 108 cm³/mol. The number of nitrogens with zero attached hydrogens (tertiary/aromatic N) is 1. The van der Waals surface area contributed by atoms with Crippen LogP contribution in [0.2, 0.25) is 0 Å². The number of nitro benzene ring substituents is 1. The first-order valence-corrected chi connectivity index (χ1v) is 8.97. The van der Waals surface area contributed by atoms with E-state index in [9.17, 15) is 29.2 Å². The number of hydrogen-bond donors (Lipinski definition) is 2. The fraction of sp³-hybridized carbons (Fsp3) is 0.0909. The minimum Gasteiger partial charge on any atom is -0.480 e. The van der Waals surface area contributed by atoms with E-state index in [1.807, 2.05) is 30.3 Å². The van der Waals surface area contributed by atoms with Gasteiger partial charge in [0.05, 0.1) is 4.92 Å². The van der Waals surface area contributed by atoms with Crippen molar-refractivity contribution in [2.45, 2.75) is 12.5 Å². The molecule has 0 aliphatic heterocycles. The van der Waals surface area contributed by atoms with Crippen LogP contribution in [0.25, 0.3) is 11.1 Å². The highest BCUT2D eigenvalue weighted by Crippen LogP contribution is 2.21. The Kier molecular flexibility index (Phi) is 6.17. The zero-order chi connectivity index (χ0) is 21.7. The van der Waals surface area contributed by atoms with Gasteiger partial charge in [0, 0.05) is 18.1 Å². The summed E-state index contributed by atoms with van der Waals surface area (Å²) < 4.78 is 13.5. The summed E-state index contributed by atoms with van der Waals surface area (Å²) in [4.78, 5) is 34.0. The van der Waals surface area contributed by atoms with E-state index < -0.39 is 34.3 Å². The first kappa shape index (κ1) is 20.7. The van der Waals surface area contributed by atoms with Gasteiger partial charge in [-0.25, -0.2) is 4.79 Å². The molecular weight excluding hydrogens is 391 g/mol. The number of carboxylic acids is 1. The monoisotopic (exact) mass is 408 g/mol. The number of halogens is 1. The molecule has 0 fully saturated rings. The van der Waals surface area contributed by atoms with Crippen molar-refractivity contribution in [3.05, 3.63) is 99.9 Å². The van der Waals surface area contributed by atoms with Gasteiger partial charge in [-0.2, -0.15) is 4.39 Å². The van der Waals surface area contributed by atoms with E-state index in [4.69, 9.17) is 0 Å². The van der Waals surface area contributed by atoms with Crippen LogP contribution in [0.4, 0.5) is 10.1 Å². The molecule has 152 valence electrons. The topological polar surface area (TPSA) is 110 Å². The van der Waals surface area contributed by atoms with Crippen LogP contribution in [-0.4, -0.2) is 27.9 Å². The van der Waals surface area contributed by atoms with Gasteiger partial charge >= 0.3 is 11.7 Å². The molecule has 0 aromatic heterocycles. The number of hydrogen-bond acceptors (Lipinski definition) is 4. The van der Waals surface area contributed by atoms with Crippen LogP contribution in [0.15, 0.2) is 72.8 Å². The minimum atomic E-state index is -1.34. The number of nitrogens with one attached hydrogen (secondary N) is 1. The maximum Gasteiger partial charge on any atom is 0.326 e. The number of nitro groups is 1. The molecule has 0 bridgehead atoms. The summed E-state index contributed by atoms with van der Waals surface area (Å²) >= 11 is 0. The lowest BCUT2D eigenvalue weighted by Gasteiger charge is -2.15. The average molecular weight is 408 g/mol. The summed E-state index contributed by atoms with van der Waals surface area (Å²) in [6.45, 7) is 0. The summed E-state index contributed by atoms with van der Waals surface area (Å²) in [5.41, 5.74) is 1.62. The largest absolute Gasteiger partial charge is 0.480 e. The molecule has 0 radical (unpaired) electrons. The van der Waals surface area contributed by atoms with Gasteiger partial charge < -0.3 is 10.4 Å². The zero-order valence-corrected chi connectivity index (χ0v) is 15.6. The first-order valence-electron chi connectivity index (χ1n) is 8.97. The second kappa shape index (κ2) is 8.95. The molecule has 0 aliphatic carbocycles. The van der Waals surface area contributed by atoms with Gasteiger partial charge in [0.15, 0.2) is 0 Å². The molecule has 1 atom stereocenters. The molecule has 3 aromatic carbocycles. The Bertz CT molecular complexity index is 1080. The normalized spacial score (nSPS) is 11.5. The summed E-state index contributed by atoms with van der Waals surface area (Å²) in [5, 5.41) is 22.7. The zero-order valence-electron chi connectivity index (χ0n) is 15.6. The van der Waals surface area contributed by atoms with E-state index in [1.165, 1.54) is 6.07 Å². The third-order valence-corrected chi connectivity index (χ3v) is 4.50. The molecule has 1 amide bonds. The maximum absolute atomic E-state index is 13.5. The van der Waals surface area contributed by atoms with Crippen LogP contribution in [0.5, 0.6) is 0 Å². The number of carboxylic acid groups (broad SMARTS) is 1. The van der Waals surface area contributed by atoms with Crippen molar-refractivity contribution in [3.8, 4) is 11.1 Å². The van der Waals surface area contributed by atoms with Gasteiger partial charge in [0.1, 0.15) is 6.04 Å². The molecule has 30 heavy (non-hydrogen) atoms. The Morgan fingerprint density at radius 3 is 2.23 bits per heavy atom. The molecule has 7 nitrogen and oxygen atoms in total. The van der Waals surface area contributed by atoms with Crippen LogP contribution >= 0.6 is 0 Å². The summed E-state index contributed by atoms with van der Waals surface area (Å²) in [6, 6.07) is 18.0. The molecule has 0 aliphatic rings. The summed E-state index contributed by atoms with van der Waals surface area (Å²) in [5.74, 6) is -2.92. The maximum atomic E-state index is 13.5. The molecular formula is C22H17FN2O5. The highest BCUT2D eigenvalue weighted by molar-refractivity contribution is 5.97. The highest BCUT2D eigenvalue weighted by Gasteiger charge is 2.23. The van der Waals surface area contributed by atoms with Gasteiger partial charge in [0.25, 0.3) is 5.91 Å². The molecule has 0 spiro atoms. The predicted octanol–water partition coefficient (Wildman–Crippen LogP) is 3.83. The van der Waals surface area contributed by atoms with E-state index in [2.05, 4.69) is 5.32 Å². The Morgan fingerprint density at radius 1 is 1.00 bits per heavy atom. The second-order valence-corrected chi connectivity index (χ2v) is 6.55. The molecule has 0 heterocycles. The Morgan fingerprint density at radius 2 is 1.63 bits per heavy atom. The van der Waals surface area contributed by atoms with Crippen molar-refractivity contribution in [3.63, 3.8) is 0 Å². The van der Waals surface area contributed by atoms with E-state index in [0.29, 0.717) is 0 Å². The van der Waals surface area contributed by atoms with E-state index in [1.54, 1.807) is 24.3 Å². The highest BCUT2D eigenvalue weighted by atomic mass is 19.1. The van der Waals surface area contributed by atoms with Crippen molar-refractivity contribution in [1.82, 2.24) is 5.32 Å². The molecule has 0 saturated carbocycles. The molecule has 3 rings (SSSR count). The van der Waals surface area contributed by atoms with Gasteiger partial charge in [-0.1, -0.05) is 48.5 Å².